The van der Waals surface area contributed by atoms with E-state index in [9.17, 15) is 9.59 Å². The molecule has 0 aliphatic rings. The summed E-state index contributed by atoms with van der Waals surface area (Å²) in [7, 11) is 0. The largest absolute Gasteiger partial charge is 0.350 e. The van der Waals surface area contributed by atoms with Crippen molar-refractivity contribution in [3.8, 4) is 11.1 Å². The molecule has 0 heterocycles. The molecule has 8 nitrogen and oxygen atoms in total. The molecule has 0 aliphatic carbocycles. The van der Waals surface area contributed by atoms with E-state index in [-0.39, 0.29) is 0 Å². The fourth-order valence-corrected chi connectivity index (χ4v) is 1.93. The van der Waals surface area contributed by atoms with Crippen molar-refractivity contribution in [2.45, 2.75) is 0 Å². The molecule has 0 fully saturated rings. The second kappa shape index (κ2) is 6.12. The Morgan fingerprint density at radius 1 is 0.727 bits per heavy atom. The Morgan fingerprint density at radius 2 is 1.09 bits per heavy atom. The summed E-state index contributed by atoms with van der Waals surface area (Å²) in [5.74, 6) is 11.1. The van der Waals surface area contributed by atoms with Gasteiger partial charge in [-0.25, -0.2) is 31.3 Å². The molecule has 4 amide bonds. The maximum absolute atomic E-state index is 11.1. The smallest absolute Gasteiger partial charge is 0.333 e. The molecule has 8 heteroatoms. The van der Waals surface area contributed by atoms with Gasteiger partial charge in [-0.3, -0.25) is 0 Å². The summed E-state index contributed by atoms with van der Waals surface area (Å²) in [6, 6.07) is 12.2. The van der Waals surface area contributed by atoms with Crippen molar-refractivity contribution < 1.29 is 9.59 Å². The Hall–Kier alpha value is -3.10. The van der Waals surface area contributed by atoms with Gasteiger partial charge in [-0.2, -0.15) is 0 Å². The molecule has 0 saturated carbocycles. The van der Waals surface area contributed by atoms with Gasteiger partial charge in [-0.1, -0.05) is 24.3 Å². The van der Waals surface area contributed by atoms with Crippen LogP contribution in [0, 0.1) is 0 Å². The lowest BCUT2D eigenvalue weighted by Crippen LogP contribution is -2.41. The Bertz CT molecular complexity index is 656. The average molecular weight is 300 g/mol. The van der Waals surface area contributed by atoms with Crippen molar-refractivity contribution in [3.63, 3.8) is 0 Å². The standard InChI is InChI=1S/C14H16N6O2/c15-13(21)19(17)11-5-1-3-9(7-11)10-4-2-6-12(8-10)20(18)14(16)22/h1-8H,17-18H2,(H2,15,21)(H2,16,22). The van der Waals surface area contributed by atoms with Crippen LogP contribution in [0.4, 0.5) is 21.0 Å². The molecule has 8 N–H and O–H groups in total. The quantitative estimate of drug-likeness (QED) is 0.378. The van der Waals surface area contributed by atoms with E-state index in [1.807, 2.05) is 12.1 Å². The summed E-state index contributed by atoms with van der Waals surface area (Å²) < 4.78 is 0. The molecule has 0 saturated heterocycles. The zero-order chi connectivity index (χ0) is 16.3. The predicted molar refractivity (Wildman–Crippen MR) is 84.4 cm³/mol. The van der Waals surface area contributed by atoms with E-state index in [2.05, 4.69) is 0 Å². The van der Waals surface area contributed by atoms with Gasteiger partial charge in [0.05, 0.1) is 11.4 Å². The number of hydrazine groups is 2. The number of urea groups is 2. The fraction of sp³-hybridized carbons (Fsp3) is 0. The molecule has 0 atom stereocenters. The number of carbonyl (C=O) groups excluding carboxylic acids is 2. The van der Waals surface area contributed by atoms with E-state index in [1.54, 1.807) is 36.4 Å². The van der Waals surface area contributed by atoms with Crippen LogP contribution in [0.2, 0.25) is 0 Å². The molecular formula is C14H16N6O2. The van der Waals surface area contributed by atoms with Crippen LogP contribution in [0.5, 0.6) is 0 Å². The number of hydrogen-bond acceptors (Lipinski definition) is 4. The molecule has 0 radical (unpaired) electrons. The van der Waals surface area contributed by atoms with E-state index < -0.39 is 12.1 Å². The highest BCUT2D eigenvalue weighted by atomic mass is 16.2. The Morgan fingerprint density at radius 3 is 1.41 bits per heavy atom. The average Bonchev–Trinajstić information content (AvgIpc) is 2.53. The molecule has 2 rings (SSSR count). The van der Waals surface area contributed by atoms with E-state index in [4.69, 9.17) is 23.2 Å². The summed E-state index contributed by atoms with van der Waals surface area (Å²) in [5.41, 5.74) is 12.7. The highest BCUT2D eigenvalue weighted by Gasteiger charge is 2.11. The molecule has 0 unspecified atom stereocenters. The zero-order valence-electron chi connectivity index (χ0n) is 11.6. The van der Waals surface area contributed by atoms with Gasteiger partial charge in [0.25, 0.3) is 0 Å². The SMILES string of the molecule is NC(=O)N(N)c1cccc(-c2cccc(N(N)C(N)=O)c2)c1. The minimum Gasteiger partial charge on any atom is -0.350 e. The number of carbonyl (C=O) groups is 2. The highest BCUT2D eigenvalue weighted by molar-refractivity contribution is 5.91. The Kier molecular flexibility index (Phi) is 4.25. The first-order valence-corrected chi connectivity index (χ1v) is 6.29. The maximum Gasteiger partial charge on any atom is 0.333 e. The number of primary amides is 2. The maximum atomic E-state index is 11.1. The van der Waals surface area contributed by atoms with Gasteiger partial charge in [-0.15, -0.1) is 0 Å². The third kappa shape index (κ3) is 3.14. The fourth-order valence-electron chi connectivity index (χ4n) is 1.93. The van der Waals surface area contributed by atoms with E-state index in [0.29, 0.717) is 11.4 Å². The predicted octanol–water partition coefficient (Wildman–Crippen LogP) is 0.871. The Labute approximate surface area is 126 Å². The first kappa shape index (κ1) is 15.3. The normalized spacial score (nSPS) is 10.1. The van der Waals surface area contributed by atoms with Crippen LogP contribution in [-0.2, 0) is 0 Å². The van der Waals surface area contributed by atoms with Gasteiger partial charge in [-0.05, 0) is 35.4 Å². The van der Waals surface area contributed by atoms with Crippen molar-refractivity contribution in [1.29, 1.82) is 0 Å². The summed E-state index contributed by atoms with van der Waals surface area (Å²) in [5, 5.41) is 1.68. The molecule has 2 aromatic rings. The van der Waals surface area contributed by atoms with Gasteiger partial charge >= 0.3 is 12.1 Å². The third-order valence-electron chi connectivity index (χ3n) is 3.06. The van der Waals surface area contributed by atoms with Crippen molar-refractivity contribution in [2.24, 2.45) is 23.2 Å². The number of nitrogens with zero attached hydrogens (tertiary/aromatic N) is 2. The van der Waals surface area contributed by atoms with Crippen molar-refractivity contribution in [2.75, 3.05) is 10.0 Å². The summed E-state index contributed by atoms with van der Waals surface area (Å²) in [6.45, 7) is 0. The van der Waals surface area contributed by atoms with Crippen molar-refractivity contribution >= 4 is 23.4 Å². The Balaban J connectivity index is 2.40. The minimum absolute atomic E-state index is 0.440. The van der Waals surface area contributed by atoms with Crippen molar-refractivity contribution in [1.82, 2.24) is 0 Å². The van der Waals surface area contributed by atoms with Crippen LogP contribution >= 0.6 is 0 Å². The lowest BCUT2D eigenvalue weighted by Gasteiger charge is -2.16. The first-order chi connectivity index (χ1) is 10.4. The number of benzene rings is 2. The number of anilines is 2. The van der Waals surface area contributed by atoms with Crippen LogP contribution in [0.1, 0.15) is 0 Å². The first-order valence-electron chi connectivity index (χ1n) is 6.29. The number of rotatable bonds is 3. The minimum atomic E-state index is -0.771. The topological polar surface area (TPSA) is 145 Å². The zero-order valence-corrected chi connectivity index (χ0v) is 11.6. The lowest BCUT2D eigenvalue weighted by atomic mass is 10.0. The van der Waals surface area contributed by atoms with Crippen molar-refractivity contribution in [3.05, 3.63) is 48.5 Å². The summed E-state index contributed by atoms with van der Waals surface area (Å²) >= 11 is 0. The van der Waals surface area contributed by atoms with Crippen LogP contribution in [0.15, 0.2) is 48.5 Å². The third-order valence-corrected chi connectivity index (χ3v) is 3.06. The molecule has 22 heavy (non-hydrogen) atoms. The molecule has 114 valence electrons. The molecular weight excluding hydrogens is 284 g/mol. The van der Waals surface area contributed by atoms with E-state index >= 15 is 0 Å². The van der Waals surface area contributed by atoms with Crippen LogP contribution < -0.4 is 33.2 Å². The summed E-state index contributed by atoms with van der Waals surface area (Å²) in [4.78, 5) is 22.2. The van der Waals surface area contributed by atoms with E-state index in [0.717, 1.165) is 21.1 Å². The van der Waals surface area contributed by atoms with Crippen LogP contribution in [0.3, 0.4) is 0 Å². The van der Waals surface area contributed by atoms with Gasteiger partial charge in [0.15, 0.2) is 0 Å². The number of hydrogen-bond donors (Lipinski definition) is 4. The monoisotopic (exact) mass is 300 g/mol. The van der Waals surface area contributed by atoms with E-state index in [1.165, 1.54) is 0 Å². The molecule has 0 aliphatic heterocycles. The molecule has 2 aromatic carbocycles. The number of amides is 4. The van der Waals surface area contributed by atoms with Crippen LogP contribution in [0.25, 0.3) is 11.1 Å². The van der Waals surface area contributed by atoms with Gasteiger partial charge in [0.1, 0.15) is 0 Å². The second-order valence-electron chi connectivity index (χ2n) is 4.52. The second-order valence-corrected chi connectivity index (χ2v) is 4.52. The summed E-state index contributed by atoms with van der Waals surface area (Å²) in [6.07, 6.45) is 0. The van der Waals surface area contributed by atoms with Gasteiger partial charge in [0, 0.05) is 0 Å². The van der Waals surface area contributed by atoms with Gasteiger partial charge in [0.2, 0.25) is 0 Å². The van der Waals surface area contributed by atoms with Gasteiger partial charge < -0.3 is 11.5 Å². The highest BCUT2D eigenvalue weighted by Crippen LogP contribution is 2.26. The lowest BCUT2D eigenvalue weighted by molar-refractivity contribution is 0.253. The molecule has 0 aromatic heterocycles. The molecule has 0 spiro atoms. The molecule has 0 bridgehead atoms. The number of nitrogens with two attached hydrogens (primary N) is 4. The van der Waals surface area contributed by atoms with Crippen LogP contribution in [-0.4, -0.2) is 12.1 Å².